The number of nitrogens with zero attached hydrogens (tertiary/aromatic N) is 3. The molecular weight excluding hydrogens is 470 g/mol. The fourth-order valence-electron chi connectivity index (χ4n) is 6.02. The number of methoxy groups -OCH3 is 2. The Bertz CT molecular complexity index is 1800. The molecule has 188 valence electrons. The molecule has 5 heteroatoms. The van der Waals surface area contributed by atoms with Gasteiger partial charge in [0.2, 0.25) is 0 Å². The van der Waals surface area contributed by atoms with Crippen LogP contribution in [0.4, 0.5) is 0 Å². The molecular formula is C33H29N3O2. The zero-order valence-corrected chi connectivity index (χ0v) is 21.8. The molecule has 6 aromatic rings. The number of para-hydroxylation sites is 3. The maximum absolute atomic E-state index is 5.74. The van der Waals surface area contributed by atoms with Gasteiger partial charge >= 0.3 is 0 Å². The number of hydrogen-bond donors (Lipinski definition) is 0. The molecule has 0 saturated heterocycles. The second-order valence-corrected chi connectivity index (χ2v) is 10.0. The molecule has 1 atom stereocenters. The summed E-state index contributed by atoms with van der Waals surface area (Å²) in [5.74, 6) is 2.15. The molecule has 0 bridgehead atoms. The fraction of sp³-hybridized carbons (Fsp3) is 0.182. The average molecular weight is 500 g/mol. The normalized spacial score (nSPS) is 15.2. The minimum atomic E-state index is -0.514. The van der Waals surface area contributed by atoms with E-state index in [4.69, 9.17) is 14.5 Å². The Morgan fingerprint density at radius 2 is 1.26 bits per heavy atom. The van der Waals surface area contributed by atoms with E-state index in [1.54, 1.807) is 14.2 Å². The largest absolute Gasteiger partial charge is 0.352 e. The summed E-state index contributed by atoms with van der Waals surface area (Å²) in [4.78, 5) is 5.34. The molecule has 3 aromatic carbocycles. The summed E-state index contributed by atoms with van der Waals surface area (Å²) < 4.78 is 16.1. The molecule has 1 aliphatic carbocycles. The van der Waals surface area contributed by atoms with Crippen molar-refractivity contribution >= 4 is 38.8 Å². The van der Waals surface area contributed by atoms with E-state index in [0.29, 0.717) is 5.92 Å². The van der Waals surface area contributed by atoms with Crippen molar-refractivity contribution < 1.29 is 9.47 Å². The van der Waals surface area contributed by atoms with E-state index in [0.717, 1.165) is 40.2 Å². The van der Waals surface area contributed by atoms with E-state index >= 15 is 0 Å². The lowest BCUT2D eigenvalue weighted by atomic mass is 9.95. The summed E-state index contributed by atoms with van der Waals surface area (Å²) in [5.41, 5.74) is 6.87. The van der Waals surface area contributed by atoms with Crippen molar-refractivity contribution in [1.82, 2.24) is 14.1 Å². The van der Waals surface area contributed by atoms with E-state index in [-0.39, 0.29) is 0 Å². The second-order valence-electron chi connectivity index (χ2n) is 10.0. The smallest absolute Gasteiger partial charge is 0.183 e. The maximum atomic E-state index is 5.74. The molecule has 0 spiro atoms. The second kappa shape index (κ2) is 8.98. The molecule has 38 heavy (non-hydrogen) atoms. The van der Waals surface area contributed by atoms with E-state index in [1.807, 2.05) is 0 Å². The lowest BCUT2D eigenvalue weighted by Gasteiger charge is -2.20. The Morgan fingerprint density at radius 3 is 1.87 bits per heavy atom. The Morgan fingerprint density at radius 1 is 0.737 bits per heavy atom. The Kier molecular flexibility index (Phi) is 5.43. The number of pyridine rings is 1. The van der Waals surface area contributed by atoms with Gasteiger partial charge in [0.15, 0.2) is 6.29 Å². The predicted molar refractivity (Wildman–Crippen MR) is 154 cm³/mol. The maximum Gasteiger partial charge on any atom is 0.183 e. The highest BCUT2D eigenvalue weighted by Crippen LogP contribution is 2.37. The topological polar surface area (TPSA) is 41.2 Å². The van der Waals surface area contributed by atoms with Crippen LogP contribution in [-0.4, -0.2) is 28.3 Å². The zero-order chi connectivity index (χ0) is 25.8. The molecule has 0 aliphatic heterocycles. The van der Waals surface area contributed by atoms with Crippen molar-refractivity contribution in [3.8, 4) is 11.6 Å². The first kappa shape index (κ1) is 23.0. The highest BCUT2D eigenvalue weighted by molar-refractivity contribution is 6.09. The summed E-state index contributed by atoms with van der Waals surface area (Å²) in [6.45, 7) is 2.26. The number of hydrogen-bond acceptors (Lipinski definition) is 3. The van der Waals surface area contributed by atoms with Gasteiger partial charge in [0.25, 0.3) is 0 Å². The lowest BCUT2D eigenvalue weighted by Crippen LogP contribution is -2.13. The molecule has 0 amide bonds. The fourth-order valence-corrected chi connectivity index (χ4v) is 6.02. The van der Waals surface area contributed by atoms with Gasteiger partial charge in [-0.2, -0.15) is 0 Å². The van der Waals surface area contributed by atoms with Gasteiger partial charge in [-0.3, -0.25) is 9.13 Å². The molecule has 5 nitrogen and oxygen atoms in total. The molecule has 0 saturated carbocycles. The highest BCUT2D eigenvalue weighted by Gasteiger charge is 2.24. The van der Waals surface area contributed by atoms with Gasteiger partial charge in [0, 0.05) is 47.2 Å². The highest BCUT2D eigenvalue weighted by atomic mass is 16.7. The number of benzene rings is 3. The monoisotopic (exact) mass is 499 g/mol. The standard InChI is InChI=1S/C33H29N3O2/c1-21-16-17-26-25-12-6-9-15-29(25)36(30(26)18-21)32-20-22(33(37-2)38-3)19-31(34-32)35-27-13-7-4-10-23(27)24-11-5-8-14-28(24)35/h4-17,19-21,33H,18H2,1-3H3. The predicted octanol–water partition coefficient (Wildman–Crippen LogP) is 7.62. The van der Waals surface area contributed by atoms with Crippen molar-refractivity contribution in [1.29, 1.82) is 0 Å². The third kappa shape index (κ3) is 3.43. The van der Waals surface area contributed by atoms with Crippen LogP contribution in [-0.2, 0) is 15.9 Å². The summed E-state index contributed by atoms with van der Waals surface area (Å²) in [7, 11) is 3.35. The minimum absolute atomic E-state index is 0.455. The number of ether oxygens (including phenoxy) is 2. The van der Waals surface area contributed by atoms with Gasteiger partial charge in [-0.05, 0) is 42.7 Å². The van der Waals surface area contributed by atoms with Crippen molar-refractivity contribution in [3.63, 3.8) is 0 Å². The quantitative estimate of drug-likeness (QED) is 0.229. The molecule has 3 heterocycles. The average Bonchev–Trinajstić information content (AvgIpc) is 3.46. The summed E-state index contributed by atoms with van der Waals surface area (Å²) in [6, 6.07) is 29.8. The third-order valence-electron chi connectivity index (χ3n) is 7.68. The number of aromatic nitrogens is 3. The van der Waals surface area contributed by atoms with Crippen molar-refractivity contribution in [2.24, 2.45) is 5.92 Å². The number of fused-ring (bicyclic) bond motifs is 6. The van der Waals surface area contributed by atoms with E-state index in [9.17, 15) is 0 Å². The van der Waals surface area contributed by atoms with E-state index in [2.05, 4.69) is 113 Å². The van der Waals surface area contributed by atoms with Gasteiger partial charge in [0.05, 0.1) is 16.6 Å². The van der Waals surface area contributed by atoms with Gasteiger partial charge in [-0.1, -0.05) is 73.7 Å². The van der Waals surface area contributed by atoms with Crippen LogP contribution in [0.3, 0.4) is 0 Å². The molecule has 1 unspecified atom stereocenters. The molecule has 7 rings (SSSR count). The number of rotatable bonds is 5. The summed E-state index contributed by atoms with van der Waals surface area (Å²) in [5, 5.41) is 3.65. The van der Waals surface area contributed by atoms with E-state index in [1.165, 1.54) is 27.4 Å². The van der Waals surface area contributed by atoms with Gasteiger partial charge in [-0.25, -0.2) is 4.98 Å². The zero-order valence-electron chi connectivity index (χ0n) is 21.8. The Labute approximate surface area is 221 Å². The number of allylic oxidation sites excluding steroid dienone is 1. The molecule has 0 fully saturated rings. The van der Waals surface area contributed by atoms with Crippen molar-refractivity contribution in [3.05, 3.63) is 108 Å². The van der Waals surface area contributed by atoms with Gasteiger partial charge in [-0.15, -0.1) is 0 Å². The van der Waals surface area contributed by atoms with Crippen LogP contribution in [0.5, 0.6) is 0 Å². The first-order chi connectivity index (χ1) is 18.7. The van der Waals surface area contributed by atoms with Crippen LogP contribution >= 0.6 is 0 Å². The third-order valence-corrected chi connectivity index (χ3v) is 7.68. The molecule has 0 N–H and O–H groups in total. The first-order valence-corrected chi connectivity index (χ1v) is 13.0. The minimum Gasteiger partial charge on any atom is -0.352 e. The van der Waals surface area contributed by atoms with Crippen molar-refractivity contribution in [2.75, 3.05) is 14.2 Å². The summed E-state index contributed by atoms with van der Waals surface area (Å²) >= 11 is 0. The van der Waals surface area contributed by atoms with Crippen molar-refractivity contribution in [2.45, 2.75) is 19.6 Å². The lowest BCUT2D eigenvalue weighted by molar-refractivity contribution is -0.106. The Hall–Kier alpha value is -4.19. The molecule has 1 aliphatic rings. The van der Waals surface area contributed by atoms with Crippen LogP contribution in [0.15, 0.2) is 91.0 Å². The van der Waals surface area contributed by atoms with Crippen LogP contribution in [0.25, 0.3) is 50.4 Å². The van der Waals surface area contributed by atoms with Gasteiger partial charge < -0.3 is 9.47 Å². The SMILES string of the molecule is COC(OC)c1cc(-n2c3c(c4ccccc42)C=CC(C)C3)nc(-n2c3ccccc3c3ccccc32)c1. The Balaban J connectivity index is 1.57. The van der Waals surface area contributed by atoms with Crippen LogP contribution in [0.1, 0.15) is 30.0 Å². The van der Waals surface area contributed by atoms with Crippen LogP contribution in [0, 0.1) is 5.92 Å². The first-order valence-electron chi connectivity index (χ1n) is 13.0. The summed E-state index contributed by atoms with van der Waals surface area (Å²) in [6.07, 6.45) is 5.01. The molecule has 3 aromatic heterocycles. The van der Waals surface area contributed by atoms with Crippen LogP contribution in [0.2, 0.25) is 0 Å². The van der Waals surface area contributed by atoms with Crippen LogP contribution < -0.4 is 0 Å². The van der Waals surface area contributed by atoms with Gasteiger partial charge in [0.1, 0.15) is 11.6 Å². The molecule has 0 radical (unpaired) electrons. The van der Waals surface area contributed by atoms with E-state index < -0.39 is 6.29 Å².